The minimum absolute atomic E-state index is 0.0736. The van der Waals surface area contributed by atoms with Gasteiger partial charge in [-0.05, 0) is 19.2 Å². The summed E-state index contributed by atoms with van der Waals surface area (Å²) in [5.74, 6) is 0.0736. The summed E-state index contributed by atoms with van der Waals surface area (Å²) in [4.78, 5) is 19.1. The van der Waals surface area contributed by atoms with Crippen LogP contribution in [0.5, 0.6) is 0 Å². The largest absolute Gasteiger partial charge is 0.348 e. The molecule has 1 heterocycles. The summed E-state index contributed by atoms with van der Waals surface area (Å²) < 4.78 is 0. The normalized spacial score (nSPS) is 10.6. The predicted molar refractivity (Wildman–Crippen MR) is 64.3 cm³/mol. The van der Waals surface area contributed by atoms with Gasteiger partial charge in [0.2, 0.25) is 5.91 Å². The highest BCUT2D eigenvalue weighted by atomic mass is 35.5. The van der Waals surface area contributed by atoms with E-state index >= 15 is 0 Å². The number of likely N-dealkylation sites (N-methyl/N-ethyl adjacent to an activating group) is 2. The molecule has 4 nitrogen and oxygen atoms in total. The topological polar surface area (TPSA) is 36.4 Å². The Kier molecular flexibility index (Phi) is 4.71. The van der Waals surface area contributed by atoms with Crippen LogP contribution < -0.4 is 0 Å². The Balaban J connectivity index is 2.51. The first-order chi connectivity index (χ1) is 7.49. The van der Waals surface area contributed by atoms with Crippen LogP contribution in [0.3, 0.4) is 0 Å². The molecule has 1 aromatic heterocycles. The van der Waals surface area contributed by atoms with Crippen LogP contribution >= 0.6 is 11.6 Å². The van der Waals surface area contributed by atoms with Gasteiger partial charge in [0.25, 0.3) is 0 Å². The molecule has 0 radical (unpaired) electrons. The third-order valence-electron chi connectivity index (χ3n) is 2.11. The van der Waals surface area contributed by atoms with Crippen LogP contribution in [0.1, 0.15) is 5.69 Å². The molecule has 0 atom stereocenters. The maximum absolute atomic E-state index is 11.4. The van der Waals surface area contributed by atoms with Crippen molar-refractivity contribution in [1.82, 2.24) is 14.8 Å². The average molecular weight is 242 g/mol. The number of hydrogen-bond acceptors (Lipinski definition) is 3. The van der Waals surface area contributed by atoms with Gasteiger partial charge in [0.05, 0.1) is 12.2 Å². The maximum Gasteiger partial charge on any atom is 0.236 e. The Morgan fingerprint density at radius 3 is 2.69 bits per heavy atom. The van der Waals surface area contributed by atoms with E-state index in [4.69, 9.17) is 11.6 Å². The molecule has 0 aliphatic carbocycles. The lowest BCUT2D eigenvalue weighted by molar-refractivity contribution is -0.129. The van der Waals surface area contributed by atoms with Gasteiger partial charge in [-0.15, -0.1) is 0 Å². The van der Waals surface area contributed by atoms with Gasteiger partial charge in [-0.3, -0.25) is 14.7 Å². The summed E-state index contributed by atoms with van der Waals surface area (Å²) in [7, 11) is 5.37. The van der Waals surface area contributed by atoms with E-state index in [1.807, 2.05) is 11.9 Å². The van der Waals surface area contributed by atoms with Crippen LogP contribution in [0.4, 0.5) is 0 Å². The van der Waals surface area contributed by atoms with Crippen molar-refractivity contribution in [2.45, 2.75) is 6.54 Å². The molecule has 88 valence electrons. The summed E-state index contributed by atoms with van der Waals surface area (Å²) in [6.07, 6.45) is 1.67. The first-order valence-electron chi connectivity index (χ1n) is 4.98. The van der Waals surface area contributed by atoms with Crippen molar-refractivity contribution >= 4 is 17.5 Å². The van der Waals surface area contributed by atoms with Gasteiger partial charge >= 0.3 is 0 Å². The first-order valence-corrected chi connectivity index (χ1v) is 5.36. The fraction of sp³-hybridized carbons (Fsp3) is 0.455. The Morgan fingerprint density at radius 2 is 2.12 bits per heavy atom. The van der Waals surface area contributed by atoms with Crippen LogP contribution in [0.25, 0.3) is 0 Å². The summed E-state index contributed by atoms with van der Waals surface area (Å²) >= 11 is 5.85. The molecule has 0 saturated heterocycles. The summed E-state index contributed by atoms with van der Waals surface area (Å²) in [5, 5.41) is 0.664. The molecule has 0 bridgehead atoms. The van der Waals surface area contributed by atoms with Crippen molar-refractivity contribution in [3.05, 3.63) is 29.0 Å². The number of pyridine rings is 1. The van der Waals surface area contributed by atoms with E-state index in [2.05, 4.69) is 4.98 Å². The molecule has 0 saturated carbocycles. The predicted octanol–water partition coefficient (Wildman–Crippen LogP) is 1.25. The highest BCUT2D eigenvalue weighted by Gasteiger charge is 2.09. The SMILES string of the molecule is CN(CC(=O)N(C)C)Cc1cc(Cl)ccn1. The molecule has 5 heteroatoms. The minimum atomic E-state index is 0.0736. The number of nitrogens with zero attached hydrogens (tertiary/aromatic N) is 3. The Labute approximate surface area is 101 Å². The molecular weight excluding hydrogens is 226 g/mol. The zero-order chi connectivity index (χ0) is 12.1. The van der Waals surface area contributed by atoms with E-state index in [1.165, 1.54) is 0 Å². The fourth-order valence-electron chi connectivity index (χ4n) is 1.24. The number of amides is 1. The number of aromatic nitrogens is 1. The Hall–Kier alpha value is -1.13. The second-order valence-electron chi connectivity index (χ2n) is 3.93. The molecule has 1 amide bonds. The standard InChI is InChI=1S/C11H16ClN3O/c1-14(2)11(16)8-15(3)7-10-6-9(12)4-5-13-10/h4-6H,7-8H2,1-3H3. The zero-order valence-corrected chi connectivity index (χ0v) is 10.5. The molecule has 0 aromatic carbocycles. The average Bonchev–Trinajstić information content (AvgIpc) is 2.16. The number of rotatable bonds is 4. The number of carbonyl (C=O) groups excluding carboxylic acids is 1. The van der Waals surface area contributed by atoms with Crippen LogP contribution in [-0.2, 0) is 11.3 Å². The lowest BCUT2D eigenvalue weighted by Gasteiger charge is -2.18. The molecule has 1 rings (SSSR count). The Morgan fingerprint density at radius 1 is 1.44 bits per heavy atom. The van der Waals surface area contributed by atoms with Crippen LogP contribution in [0.15, 0.2) is 18.3 Å². The summed E-state index contributed by atoms with van der Waals surface area (Å²) in [6.45, 7) is 0.987. The van der Waals surface area contributed by atoms with E-state index < -0.39 is 0 Å². The smallest absolute Gasteiger partial charge is 0.236 e. The quantitative estimate of drug-likeness (QED) is 0.796. The van der Waals surface area contributed by atoms with E-state index in [1.54, 1.807) is 37.3 Å². The van der Waals surface area contributed by atoms with Gasteiger partial charge < -0.3 is 4.90 Å². The second kappa shape index (κ2) is 5.82. The zero-order valence-electron chi connectivity index (χ0n) is 9.77. The Bertz CT molecular complexity index is 368. The van der Waals surface area contributed by atoms with Crippen LogP contribution in [0.2, 0.25) is 5.02 Å². The van der Waals surface area contributed by atoms with Crippen molar-refractivity contribution in [2.75, 3.05) is 27.7 Å². The molecule has 1 aromatic rings. The van der Waals surface area contributed by atoms with E-state index in [0.29, 0.717) is 18.1 Å². The third-order valence-corrected chi connectivity index (χ3v) is 2.35. The summed E-state index contributed by atoms with van der Waals surface area (Å²) in [5.41, 5.74) is 0.863. The van der Waals surface area contributed by atoms with Crippen molar-refractivity contribution in [2.24, 2.45) is 0 Å². The van der Waals surface area contributed by atoms with E-state index in [0.717, 1.165) is 5.69 Å². The molecular formula is C11H16ClN3O. The third kappa shape index (κ3) is 4.16. The van der Waals surface area contributed by atoms with Crippen LogP contribution in [-0.4, -0.2) is 48.4 Å². The number of hydrogen-bond donors (Lipinski definition) is 0. The van der Waals surface area contributed by atoms with Crippen molar-refractivity contribution < 1.29 is 4.79 Å². The van der Waals surface area contributed by atoms with Crippen molar-refractivity contribution in [3.8, 4) is 0 Å². The molecule has 0 aliphatic rings. The number of carbonyl (C=O) groups is 1. The van der Waals surface area contributed by atoms with Gasteiger partial charge in [-0.25, -0.2) is 0 Å². The fourth-order valence-corrected chi connectivity index (χ4v) is 1.42. The summed E-state index contributed by atoms with van der Waals surface area (Å²) in [6, 6.07) is 3.54. The lowest BCUT2D eigenvalue weighted by atomic mass is 10.3. The van der Waals surface area contributed by atoms with E-state index in [9.17, 15) is 4.79 Å². The molecule has 0 spiro atoms. The number of halogens is 1. The molecule has 0 unspecified atom stereocenters. The monoisotopic (exact) mass is 241 g/mol. The first kappa shape index (κ1) is 12.9. The van der Waals surface area contributed by atoms with Gasteiger partial charge in [0, 0.05) is 31.9 Å². The van der Waals surface area contributed by atoms with Crippen molar-refractivity contribution in [3.63, 3.8) is 0 Å². The molecule has 16 heavy (non-hydrogen) atoms. The molecule has 0 fully saturated rings. The van der Waals surface area contributed by atoms with Crippen LogP contribution in [0, 0.1) is 0 Å². The minimum Gasteiger partial charge on any atom is -0.348 e. The molecule has 0 aliphatic heterocycles. The van der Waals surface area contributed by atoms with E-state index in [-0.39, 0.29) is 5.91 Å². The highest BCUT2D eigenvalue weighted by molar-refractivity contribution is 6.30. The highest BCUT2D eigenvalue weighted by Crippen LogP contribution is 2.09. The maximum atomic E-state index is 11.4. The molecule has 0 N–H and O–H groups in total. The van der Waals surface area contributed by atoms with Gasteiger partial charge in [-0.1, -0.05) is 11.6 Å². The lowest BCUT2D eigenvalue weighted by Crippen LogP contribution is -2.34. The van der Waals surface area contributed by atoms with Crippen molar-refractivity contribution in [1.29, 1.82) is 0 Å². The van der Waals surface area contributed by atoms with Gasteiger partial charge in [0.15, 0.2) is 0 Å². The van der Waals surface area contributed by atoms with Gasteiger partial charge in [-0.2, -0.15) is 0 Å². The van der Waals surface area contributed by atoms with Gasteiger partial charge in [0.1, 0.15) is 0 Å². The second-order valence-corrected chi connectivity index (χ2v) is 4.36.